The molecule has 110 valence electrons. The SMILES string of the molecule is CC(C)=CC(OC(=O)Nc1cccc(Cl)c1)C(Cl)(Cl)Cl. The second-order valence-corrected chi connectivity index (χ2v) is 7.05. The van der Waals surface area contributed by atoms with Crippen molar-refractivity contribution in [2.75, 3.05) is 5.32 Å². The maximum atomic E-state index is 11.8. The second kappa shape index (κ2) is 7.41. The van der Waals surface area contributed by atoms with Gasteiger partial charge in [-0.05, 0) is 38.1 Å². The number of amides is 1. The monoisotopic (exact) mass is 355 g/mol. The molecule has 20 heavy (non-hydrogen) atoms. The van der Waals surface area contributed by atoms with Gasteiger partial charge >= 0.3 is 6.09 Å². The molecule has 0 saturated carbocycles. The van der Waals surface area contributed by atoms with Crippen molar-refractivity contribution in [2.24, 2.45) is 0 Å². The van der Waals surface area contributed by atoms with E-state index in [-0.39, 0.29) is 0 Å². The smallest absolute Gasteiger partial charge is 0.412 e. The van der Waals surface area contributed by atoms with Gasteiger partial charge < -0.3 is 4.74 Å². The Morgan fingerprint density at radius 1 is 1.35 bits per heavy atom. The van der Waals surface area contributed by atoms with E-state index in [1.165, 1.54) is 0 Å². The van der Waals surface area contributed by atoms with Gasteiger partial charge in [-0.1, -0.05) is 58.0 Å². The van der Waals surface area contributed by atoms with Gasteiger partial charge in [0.2, 0.25) is 3.79 Å². The first-order chi connectivity index (χ1) is 9.18. The van der Waals surface area contributed by atoms with E-state index in [0.29, 0.717) is 10.7 Å². The molecule has 0 aliphatic rings. The lowest BCUT2D eigenvalue weighted by Crippen LogP contribution is -2.31. The van der Waals surface area contributed by atoms with E-state index in [2.05, 4.69) is 5.32 Å². The van der Waals surface area contributed by atoms with Gasteiger partial charge in [0.1, 0.15) is 0 Å². The fraction of sp³-hybridized carbons (Fsp3) is 0.308. The third-order valence-electron chi connectivity index (χ3n) is 2.11. The van der Waals surface area contributed by atoms with Crippen molar-refractivity contribution in [3.63, 3.8) is 0 Å². The molecular weight excluding hydrogens is 344 g/mol. The zero-order valence-corrected chi connectivity index (χ0v) is 13.8. The van der Waals surface area contributed by atoms with Crippen LogP contribution in [0, 0.1) is 0 Å². The summed E-state index contributed by atoms with van der Waals surface area (Å²) in [6.45, 7) is 3.61. The van der Waals surface area contributed by atoms with E-state index >= 15 is 0 Å². The number of anilines is 1. The van der Waals surface area contributed by atoms with Crippen molar-refractivity contribution in [3.05, 3.63) is 40.9 Å². The van der Waals surface area contributed by atoms with Crippen LogP contribution < -0.4 is 5.32 Å². The third-order valence-corrected chi connectivity index (χ3v) is 2.99. The summed E-state index contributed by atoms with van der Waals surface area (Å²) in [5.41, 5.74) is 1.35. The molecule has 1 atom stereocenters. The van der Waals surface area contributed by atoms with Crippen LogP contribution in [0.4, 0.5) is 10.5 Å². The highest BCUT2D eigenvalue weighted by Gasteiger charge is 2.34. The number of hydrogen-bond acceptors (Lipinski definition) is 2. The molecule has 0 spiro atoms. The first kappa shape index (κ1) is 17.4. The van der Waals surface area contributed by atoms with Gasteiger partial charge in [0.25, 0.3) is 0 Å². The van der Waals surface area contributed by atoms with E-state index < -0.39 is 16.0 Å². The van der Waals surface area contributed by atoms with Crippen LogP contribution in [-0.4, -0.2) is 16.0 Å². The molecule has 1 aromatic carbocycles. The van der Waals surface area contributed by atoms with Crippen LogP contribution in [0.1, 0.15) is 13.8 Å². The minimum absolute atomic E-state index is 0.489. The molecule has 0 heterocycles. The summed E-state index contributed by atoms with van der Waals surface area (Å²) in [6.07, 6.45) is -0.164. The van der Waals surface area contributed by atoms with Gasteiger partial charge in [0, 0.05) is 10.7 Å². The minimum Gasteiger partial charge on any atom is -0.437 e. The molecule has 0 aliphatic heterocycles. The molecule has 3 nitrogen and oxygen atoms in total. The molecule has 1 N–H and O–H groups in total. The number of allylic oxidation sites excluding steroid dienone is 1. The first-order valence-corrected chi connectivity index (χ1v) is 7.14. The maximum absolute atomic E-state index is 11.8. The molecule has 0 aliphatic carbocycles. The summed E-state index contributed by atoms with van der Waals surface area (Å²) in [5, 5.41) is 3.00. The Morgan fingerprint density at radius 3 is 2.50 bits per heavy atom. The number of rotatable bonds is 3. The van der Waals surface area contributed by atoms with Crippen LogP contribution in [0.3, 0.4) is 0 Å². The standard InChI is InChI=1S/C13H13Cl4NO2/c1-8(2)6-11(13(15,16)17)20-12(19)18-10-5-3-4-9(14)7-10/h3-7,11H,1-2H3,(H,18,19). The minimum atomic E-state index is -1.75. The lowest BCUT2D eigenvalue weighted by molar-refractivity contribution is 0.135. The largest absolute Gasteiger partial charge is 0.437 e. The highest BCUT2D eigenvalue weighted by Crippen LogP contribution is 2.33. The van der Waals surface area contributed by atoms with Gasteiger partial charge in [0.15, 0.2) is 6.10 Å². The van der Waals surface area contributed by atoms with Crippen LogP contribution >= 0.6 is 46.4 Å². The summed E-state index contributed by atoms with van der Waals surface area (Å²) in [6, 6.07) is 6.62. The van der Waals surface area contributed by atoms with Crippen LogP contribution in [-0.2, 0) is 4.74 Å². The summed E-state index contributed by atoms with van der Waals surface area (Å²) >= 11 is 23.1. The second-order valence-electron chi connectivity index (χ2n) is 4.25. The Balaban J connectivity index is 2.74. The summed E-state index contributed by atoms with van der Waals surface area (Å²) in [7, 11) is 0. The molecule has 0 fully saturated rings. The van der Waals surface area contributed by atoms with Crippen molar-refractivity contribution in [3.8, 4) is 0 Å². The molecular formula is C13H13Cl4NO2. The van der Waals surface area contributed by atoms with E-state index in [1.807, 2.05) is 13.8 Å². The van der Waals surface area contributed by atoms with E-state index in [1.54, 1.807) is 30.3 Å². The first-order valence-electron chi connectivity index (χ1n) is 5.63. The summed E-state index contributed by atoms with van der Waals surface area (Å²) < 4.78 is 3.36. The number of benzene rings is 1. The summed E-state index contributed by atoms with van der Waals surface area (Å²) in [4.78, 5) is 11.8. The van der Waals surface area contributed by atoms with Crippen LogP contribution in [0.2, 0.25) is 5.02 Å². The Hall–Kier alpha value is -0.610. The average molecular weight is 357 g/mol. The number of nitrogens with one attached hydrogen (secondary N) is 1. The topological polar surface area (TPSA) is 38.3 Å². The highest BCUT2D eigenvalue weighted by atomic mass is 35.6. The van der Waals surface area contributed by atoms with E-state index in [4.69, 9.17) is 51.1 Å². The van der Waals surface area contributed by atoms with Gasteiger partial charge in [-0.25, -0.2) is 4.79 Å². The molecule has 1 unspecified atom stereocenters. The van der Waals surface area contributed by atoms with Crippen molar-refractivity contribution in [1.82, 2.24) is 0 Å². The Kier molecular flexibility index (Phi) is 6.46. The van der Waals surface area contributed by atoms with Gasteiger partial charge in [-0.15, -0.1) is 0 Å². The average Bonchev–Trinajstić information content (AvgIpc) is 2.26. The fourth-order valence-electron chi connectivity index (χ4n) is 1.33. The van der Waals surface area contributed by atoms with Crippen molar-refractivity contribution >= 4 is 58.2 Å². The molecule has 0 saturated heterocycles. The van der Waals surface area contributed by atoms with Crippen molar-refractivity contribution in [1.29, 1.82) is 0 Å². The van der Waals surface area contributed by atoms with Gasteiger partial charge in [-0.2, -0.15) is 0 Å². The Labute approximate surface area is 137 Å². The van der Waals surface area contributed by atoms with Crippen molar-refractivity contribution < 1.29 is 9.53 Å². The van der Waals surface area contributed by atoms with E-state index in [0.717, 1.165) is 5.57 Å². The Morgan fingerprint density at radius 2 is 2.00 bits per heavy atom. The predicted molar refractivity (Wildman–Crippen MR) is 85.1 cm³/mol. The van der Waals surface area contributed by atoms with Crippen LogP contribution in [0.5, 0.6) is 0 Å². The normalized spacial score (nSPS) is 12.5. The molecule has 1 aromatic rings. The maximum Gasteiger partial charge on any atom is 0.412 e. The fourth-order valence-corrected chi connectivity index (χ4v) is 1.84. The molecule has 0 aromatic heterocycles. The van der Waals surface area contributed by atoms with Crippen LogP contribution in [0.25, 0.3) is 0 Å². The third kappa shape index (κ3) is 6.23. The lowest BCUT2D eigenvalue weighted by Gasteiger charge is -2.22. The van der Waals surface area contributed by atoms with E-state index in [9.17, 15) is 4.79 Å². The zero-order chi connectivity index (χ0) is 15.3. The summed E-state index contributed by atoms with van der Waals surface area (Å²) in [5.74, 6) is 0. The molecule has 0 bridgehead atoms. The predicted octanol–water partition coefficient (Wildman–Crippen LogP) is 5.59. The molecule has 0 radical (unpaired) electrons. The van der Waals surface area contributed by atoms with Gasteiger partial charge in [-0.3, -0.25) is 5.32 Å². The lowest BCUT2D eigenvalue weighted by atomic mass is 10.2. The number of carbonyl (C=O) groups excluding carboxylic acids is 1. The van der Waals surface area contributed by atoms with Crippen molar-refractivity contribution in [2.45, 2.75) is 23.7 Å². The Bertz CT molecular complexity index is 507. The number of hydrogen-bond donors (Lipinski definition) is 1. The quantitative estimate of drug-likeness (QED) is 0.566. The number of halogens is 4. The van der Waals surface area contributed by atoms with Crippen LogP contribution in [0.15, 0.2) is 35.9 Å². The zero-order valence-electron chi connectivity index (χ0n) is 10.8. The number of alkyl halides is 3. The molecule has 7 heteroatoms. The number of carbonyl (C=O) groups is 1. The molecule has 1 rings (SSSR count). The molecule has 1 amide bonds. The highest BCUT2D eigenvalue weighted by molar-refractivity contribution is 6.68. The number of ether oxygens (including phenoxy) is 1. The van der Waals surface area contributed by atoms with Gasteiger partial charge in [0.05, 0.1) is 0 Å².